The monoisotopic (exact) mass is 558 g/mol. The van der Waals surface area contributed by atoms with Crippen molar-refractivity contribution in [2.75, 3.05) is 0 Å². The van der Waals surface area contributed by atoms with E-state index >= 15 is 0 Å². The van der Waals surface area contributed by atoms with Crippen molar-refractivity contribution in [1.82, 2.24) is 0 Å². The molecule has 1 aliphatic heterocycles. The third-order valence-corrected chi connectivity index (χ3v) is 9.50. The standard InChI is InChI=1S/C36H62O4/c1-10-11-12-13-22-33(37)39-32-24-31-30(8)34(38)28(6)29(7)35(31)40-36(32,9)23-16-21-27(5)20-15-19-26(4)18-14-17-25(2)3/h25-27,32,38H,10-24H2,1-9H3/t26-,27+,32?,36-/m0/s1. The van der Waals surface area contributed by atoms with Crippen LogP contribution in [0.4, 0.5) is 0 Å². The summed E-state index contributed by atoms with van der Waals surface area (Å²) in [5, 5.41) is 10.7. The number of carbonyl (C=O) groups is 1. The van der Waals surface area contributed by atoms with Crippen LogP contribution in [0.5, 0.6) is 11.5 Å². The Kier molecular flexibility index (Phi) is 14.4. The van der Waals surface area contributed by atoms with E-state index in [1.54, 1.807) is 0 Å². The predicted molar refractivity (Wildman–Crippen MR) is 168 cm³/mol. The van der Waals surface area contributed by atoms with Gasteiger partial charge in [-0.05, 0) is 81.4 Å². The van der Waals surface area contributed by atoms with E-state index in [9.17, 15) is 9.90 Å². The van der Waals surface area contributed by atoms with E-state index in [1.807, 2.05) is 20.8 Å². The topological polar surface area (TPSA) is 55.8 Å². The summed E-state index contributed by atoms with van der Waals surface area (Å²) in [5.74, 6) is 3.41. The van der Waals surface area contributed by atoms with E-state index in [0.29, 0.717) is 24.5 Å². The van der Waals surface area contributed by atoms with Crippen molar-refractivity contribution < 1.29 is 19.4 Å². The van der Waals surface area contributed by atoms with Crippen molar-refractivity contribution in [3.8, 4) is 11.5 Å². The molecule has 4 heteroatoms. The second kappa shape index (κ2) is 16.7. The fourth-order valence-electron chi connectivity index (χ4n) is 6.32. The molecular formula is C36H62O4. The SMILES string of the molecule is CCCCCCC(=O)OC1Cc2c(C)c(O)c(C)c(C)c2O[C@@]1(C)CCC[C@H](C)CCC[C@@H](C)CCCC(C)C. The molecule has 0 aliphatic carbocycles. The van der Waals surface area contributed by atoms with Crippen LogP contribution >= 0.6 is 0 Å². The second-order valence-corrected chi connectivity index (χ2v) is 13.8. The van der Waals surface area contributed by atoms with Crippen molar-refractivity contribution in [2.45, 2.75) is 170 Å². The van der Waals surface area contributed by atoms with Crippen LogP contribution in [-0.2, 0) is 16.0 Å². The van der Waals surface area contributed by atoms with Gasteiger partial charge in [0.1, 0.15) is 23.2 Å². The lowest BCUT2D eigenvalue weighted by Crippen LogP contribution is -2.51. The van der Waals surface area contributed by atoms with Crippen LogP contribution in [0.15, 0.2) is 0 Å². The number of fused-ring (bicyclic) bond motifs is 1. The van der Waals surface area contributed by atoms with E-state index in [4.69, 9.17) is 9.47 Å². The molecule has 1 aliphatic rings. The molecule has 0 bridgehead atoms. The first-order valence-electron chi connectivity index (χ1n) is 16.6. The maximum atomic E-state index is 12.9. The van der Waals surface area contributed by atoms with Gasteiger partial charge < -0.3 is 14.6 Å². The molecular weight excluding hydrogens is 496 g/mol. The number of rotatable bonds is 18. The summed E-state index contributed by atoms with van der Waals surface area (Å²) in [7, 11) is 0. The number of hydrogen-bond acceptors (Lipinski definition) is 4. The van der Waals surface area contributed by atoms with Gasteiger partial charge in [-0.2, -0.15) is 0 Å². The minimum Gasteiger partial charge on any atom is -0.507 e. The largest absolute Gasteiger partial charge is 0.507 e. The smallest absolute Gasteiger partial charge is 0.306 e. The Labute approximate surface area is 247 Å². The van der Waals surface area contributed by atoms with Crippen molar-refractivity contribution in [1.29, 1.82) is 0 Å². The van der Waals surface area contributed by atoms with Gasteiger partial charge in [-0.3, -0.25) is 4.79 Å². The highest BCUT2D eigenvalue weighted by Gasteiger charge is 2.44. The van der Waals surface area contributed by atoms with E-state index in [0.717, 1.165) is 84.8 Å². The Morgan fingerprint density at radius 2 is 1.48 bits per heavy atom. The second-order valence-electron chi connectivity index (χ2n) is 13.8. The molecule has 40 heavy (non-hydrogen) atoms. The van der Waals surface area contributed by atoms with E-state index in [-0.39, 0.29) is 12.1 Å². The minimum atomic E-state index is -0.572. The van der Waals surface area contributed by atoms with Crippen molar-refractivity contribution >= 4 is 5.97 Å². The Balaban J connectivity index is 2.00. The third-order valence-electron chi connectivity index (χ3n) is 9.50. The molecule has 1 N–H and O–H groups in total. The number of unbranched alkanes of at least 4 members (excludes halogenated alkanes) is 3. The first-order chi connectivity index (χ1) is 18.9. The van der Waals surface area contributed by atoms with E-state index in [2.05, 4.69) is 41.5 Å². The highest BCUT2D eigenvalue weighted by molar-refractivity contribution is 5.70. The molecule has 0 radical (unpaired) electrons. The fourth-order valence-corrected chi connectivity index (χ4v) is 6.32. The van der Waals surface area contributed by atoms with Crippen molar-refractivity contribution in [2.24, 2.45) is 17.8 Å². The molecule has 0 saturated heterocycles. The predicted octanol–water partition coefficient (Wildman–Crippen LogP) is 10.3. The average Bonchev–Trinajstić information content (AvgIpc) is 2.89. The molecule has 0 spiro atoms. The maximum absolute atomic E-state index is 12.9. The van der Waals surface area contributed by atoms with Gasteiger partial charge >= 0.3 is 5.97 Å². The average molecular weight is 559 g/mol. The summed E-state index contributed by atoms with van der Waals surface area (Å²) in [5.41, 5.74) is 3.12. The van der Waals surface area contributed by atoms with Gasteiger partial charge in [-0.25, -0.2) is 0 Å². The zero-order valence-electron chi connectivity index (χ0n) is 27.6. The Hall–Kier alpha value is -1.71. The molecule has 4 atom stereocenters. The molecule has 1 unspecified atom stereocenters. The minimum absolute atomic E-state index is 0.124. The molecule has 1 aromatic rings. The summed E-state index contributed by atoms with van der Waals surface area (Å²) >= 11 is 0. The van der Waals surface area contributed by atoms with E-state index < -0.39 is 5.60 Å². The van der Waals surface area contributed by atoms with Gasteiger partial charge in [0, 0.05) is 18.4 Å². The molecule has 0 amide bonds. The molecule has 4 nitrogen and oxygen atoms in total. The zero-order valence-corrected chi connectivity index (χ0v) is 27.6. The summed E-state index contributed by atoms with van der Waals surface area (Å²) < 4.78 is 12.9. The van der Waals surface area contributed by atoms with Gasteiger partial charge in [-0.15, -0.1) is 0 Å². The van der Waals surface area contributed by atoms with Crippen molar-refractivity contribution in [3.63, 3.8) is 0 Å². The molecule has 0 fully saturated rings. The van der Waals surface area contributed by atoms with Gasteiger partial charge in [0.2, 0.25) is 0 Å². The summed E-state index contributed by atoms with van der Waals surface area (Å²) in [6, 6.07) is 0. The number of hydrogen-bond donors (Lipinski definition) is 1. The number of aromatic hydroxyl groups is 1. The van der Waals surface area contributed by atoms with Crippen LogP contribution in [0, 0.1) is 38.5 Å². The molecule has 0 aromatic heterocycles. The van der Waals surface area contributed by atoms with Crippen LogP contribution in [0.2, 0.25) is 0 Å². The Bertz CT molecular complexity index is 920. The number of phenols is 1. The van der Waals surface area contributed by atoms with Crippen LogP contribution in [-0.4, -0.2) is 22.8 Å². The lowest BCUT2D eigenvalue weighted by molar-refractivity contribution is -0.163. The summed E-state index contributed by atoms with van der Waals surface area (Å²) in [4.78, 5) is 12.9. The Morgan fingerprint density at radius 3 is 2.08 bits per heavy atom. The number of phenolic OH excluding ortho intramolecular Hbond substituents is 1. The first-order valence-corrected chi connectivity index (χ1v) is 16.6. The molecule has 1 aromatic carbocycles. The highest BCUT2D eigenvalue weighted by Crippen LogP contribution is 2.45. The Morgan fingerprint density at radius 1 is 0.875 bits per heavy atom. The van der Waals surface area contributed by atoms with Gasteiger partial charge in [0.15, 0.2) is 0 Å². The van der Waals surface area contributed by atoms with E-state index in [1.165, 1.54) is 38.5 Å². The highest BCUT2D eigenvalue weighted by atomic mass is 16.6. The van der Waals surface area contributed by atoms with Crippen LogP contribution in [0.1, 0.15) is 154 Å². The zero-order chi connectivity index (χ0) is 29.9. The number of ether oxygens (including phenoxy) is 2. The van der Waals surface area contributed by atoms with Crippen LogP contribution in [0.25, 0.3) is 0 Å². The quantitative estimate of drug-likeness (QED) is 0.144. The number of esters is 1. The third kappa shape index (κ3) is 10.3. The molecule has 230 valence electrons. The number of carbonyl (C=O) groups excluding carboxylic acids is 1. The molecule has 0 saturated carbocycles. The summed E-state index contributed by atoms with van der Waals surface area (Å²) in [6.07, 6.45) is 16.0. The lowest BCUT2D eigenvalue weighted by atomic mass is 9.81. The normalized spacial score (nSPS) is 20.2. The fraction of sp³-hybridized carbons (Fsp3) is 0.806. The molecule has 1 heterocycles. The van der Waals surface area contributed by atoms with Crippen molar-refractivity contribution in [3.05, 3.63) is 22.3 Å². The molecule has 2 rings (SSSR count). The lowest BCUT2D eigenvalue weighted by Gasteiger charge is -2.43. The van der Waals surface area contributed by atoms with Gasteiger partial charge in [0.25, 0.3) is 0 Å². The maximum Gasteiger partial charge on any atom is 0.306 e. The van der Waals surface area contributed by atoms with Gasteiger partial charge in [0.05, 0.1) is 0 Å². The van der Waals surface area contributed by atoms with Crippen LogP contribution in [0.3, 0.4) is 0 Å². The number of benzene rings is 1. The van der Waals surface area contributed by atoms with Crippen LogP contribution < -0.4 is 4.74 Å². The summed E-state index contributed by atoms with van der Waals surface area (Å²) in [6.45, 7) is 19.7. The first kappa shape index (κ1) is 34.5. The van der Waals surface area contributed by atoms with Gasteiger partial charge in [-0.1, -0.05) is 98.8 Å².